The van der Waals surface area contributed by atoms with Gasteiger partial charge in [0.05, 0.1) is 6.04 Å². The predicted molar refractivity (Wildman–Crippen MR) is 84.2 cm³/mol. The predicted octanol–water partition coefficient (Wildman–Crippen LogP) is 3.65. The zero-order valence-electron chi connectivity index (χ0n) is 12.3. The molecule has 0 N–H and O–H groups in total. The molecule has 0 aliphatic carbocycles. The van der Waals surface area contributed by atoms with Gasteiger partial charge in [0, 0.05) is 43.0 Å². The molecule has 4 nitrogen and oxygen atoms in total. The van der Waals surface area contributed by atoms with Crippen molar-refractivity contribution in [3.63, 3.8) is 0 Å². The van der Waals surface area contributed by atoms with Crippen LogP contribution in [0.2, 0.25) is 0 Å². The highest BCUT2D eigenvalue weighted by molar-refractivity contribution is 7.09. The number of carbonyl (C=O) groups is 1. The summed E-state index contributed by atoms with van der Waals surface area (Å²) in [5.41, 5.74) is 0. The molecule has 0 bridgehead atoms. The zero-order valence-corrected chi connectivity index (χ0v) is 13.1. The van der Waals surface area contributed by atoms with Crippen LogP contribution in [0.25, 0.3) is 0 Å². The second-order valence-corrected chi connectivity index (χ2v) is 6.58. The summed E-state index contributed by atoms with van der Waals surface area (Å²) in [4.78, 5) is 19.2. The van der Waals surface area contributed by atoms with Gasteiger partial charge in [-0.05, 0) is 38.3 Å². The monoisotopic (exact) mass is 303 g/mol. The van der Waals surface area contributed by atoms with E-state index in [0.717, 1.165) is 24.4 Å². The van der Waals surface area contributed by atoms with Gasteiger partial charge in [-0.3, -0.25) is 4.79 Å². The van der Waals surface area contributed by atoms with Crippen LogP contribution in [0.5, 0.6) is 0 Å². The minimum atomic E-state index is 0.183. The summed E-state index contributed by atoms with van der Waals surface area (Å²) in [5, 5.41) is 3.08. The molecule has 0 aromatic carbocycles. The average Bonchev–Trinajstić information content (AvgIpc) is 3.20. The van der Waals surface area contributed by atoms with Gasteiger partial charge >= 0.3 is 0 Å². The van der Waals surface area contributed by atoms with E-state index in [1.165, 1.54) is 6.42 Å². The minimum Gasteiger partial charge on any atom is -0.351 e. The van der Waals surface area contributed by atoms with Gasteiger partial charge in [-0.25, -0.2) is 4.98 Å². The summed E-state index contributed by atoms with van der Waals surface area (Å²) in [6.45, 7) is 2.96. The summed E-state index contributed by atoms with van der Waals surface area (Å²) in [7, 11) is 0. The molecule has 2 atom stereocenters. The van der Waals surface area contributed by atoms with Crippen molar-refractivity contribution in [3.05, 3.63) is 41.1 Å². The molecule has 1 amide bonds. The topological polar surface area (TPSA) is 38.1 Å². The van der Waals surface area contributed by atoms with E-state index in [2.05, 4.69) is 16.5 Å². The van der Waals surface area contributed by atoms with Crippen LogP contribution in [-0.2, 0) is 4.79 Å². The Kier molecular flexibility index (Phi) is 4.39. The Labute approximate surface area is 129 Å². The second-order valence-electron chi connectivity index (χ2n) is 5.65. The summed E-state index contributed by atoms with van der Waals surface area (Å²) >= 11 is 1.66. The van der Waals surface area contributed by atoms with Crippen LogP contribution in [-0.4, -0.2) is 26.9 Å². The smallest absolute Gasteiger partial charge is 0.225 e. The molecule has 0 radical (unpaired) electrons. The Morgan fingerprint density at radius 1 is 1.43 bits per heavy atom. The second kappa shape index (κ2) is 6.43. The molecule has 1 aliphatic heterocycles. The fraction of sp³-hybridized carbons (Fsp3) is 0.500. The van der Waals surface area contributed by atoms with Crippen LogP contribution < -0.4 is 0 Å². The van der Waals surface area contributed by atoms with E-state index in [4.69, 9.17) is 0 Å². The van der Waals surface area contributed by atoms with Gasteiger partial charge in [0.1, 0.15) is 5.01 Å². The molecule has 5 heteroatoms. The first-order valence-electron chi connectivity index (χ1n) is 7.57. The molecule has 3 heterocycles. The van der Waals surface area contributed by atoms with Crippen molar-refractivity contribution in [2.24, 2.45) is 0 Å². The Bertz CT molecular complexity index is 564. The van der Waals surface area contributed by atoms with Crippen molar-refractivity contribution in [1.29, 1.82) is 0 Å². The van der Waals surface area contributed by atoms with Crippen LogP contribution >= 0.6 is 11.3 Å². The van der Waals surface area contributed by atoms with Crippen LogP contribution in [0.3, 0.4) is 0 Å². The van der Waals surface area contributed by atoms with Crippen LogP contribution in [0.4, 0.5) is 0 Å². The number of hydrogen-bond donors (Lipinski definition) is 0. The third-order valence-corrected chi connectivity index (χ3v) is 5.04. The lowest BCUT2D eigenvalue weighted by molar-refractivity contribution is -0.135. The highest BCUT2D eigenvalue weighted by atomic mass is 32.1. The molecular weight excluding hydrogens is 282 g/mol. The Morgan fingerprint density at radius 3 is 2.95 bits per heavy atom. The number of rotatable bonds is 4. The molecular formula is C16H21N3OS. The van der Waals surface area contributed by atoms with E-state index in [0.29, 0.717) is 6.42 Å². The highest BCUT2D eigenvalue weighted by Crippen LogP contribution is 2.33. The lowest BCUT2D eigenvalue weighted by atomic mass is 10.0. The molecule has 112 valence electrons. The van der Waals surface area contributed by atoms with E-state index >= 15 is 0 Å². The van der Waals surface area contributed by atoms with E-state index in [1.54, 1.807) is 11.3 Å². The molecule has 0 saturated carbocycles. The number of piperidine rings is 1. The maximum absolute atomic E-state index is 12.7. The van der Waals surface area contributed by atoms with Gasteiger partial charge in [0.15, 0.2) is 0 Å². The van der Waals surface area contributed by atoms with Crippen molar-refractivity contribution >= 4 is 17.2 Å². The molecule has 1 fully saturated rings. The Morgan fingerprint density at radius 2 is 2.24 bits per heavy atom. The highest BCUT2D eigenvalue weighted by Gasteiger charge is 2.30. The summed E-state index contributed by atoms with van der Waals surface area (Å²) in [6, 6.07) is 4.38. The van der Waals surface area contributed by atoms with Gasteiger partial charge in [0.25, 0.3) is 0 Å². The largest absolute Gasteiger partial charge is 0.351 e. The molecule has 1 saturated heterocycles. The van der Waals surface area contributed by atoms with E-state index in [-0.39, 0.29) is 18.0 Å². The van der Waals surface area contributed by atoms with Gasteiger partial charge in [0.2, 0.25) is 5.91 Å². The van der Waals surface area contributed by atoms with Crippen molar-refractivity contribution in [3.8, 4) is 0 Å². The van der Waals surface area contributed by atoms with Gasteiger partial charge in [-0.1, -0.05) is 0 Å². The number of amides is 1. The first kappa shape index (κ1) is 14.3. The number of thiazole rings is 1. The molecule has 0 spiro atoms. The summed E-state index contributed by atoms with van der Waals surface area (Å²) in [6.07, 6.45) is 9.75. The van der Waals surface area contributed by atoms with E-state index in [9.17, 15) is 4.79 Å². The molecule has 21 heavy (non-hydrogen) atoms. The SMILES string of the molecule is C[C@H](CC(=O)N1CCCC[C@@H]1c1nccs1)n1cccc1. The van der Waals surface area contributed by atoms with Gasteiger partial charge < -0.3 is 9.47 Å². The number of hydrogen-bond acceptors (Lipinski definition) is 3. The maximum atomic E-state index is 12.7. The van der Waals surface area contributed by atoms with Crippen molar-refractivity contribution in [2.75, 3.05) is 6.54 Å². The van der Waals surface area contributed by atoms with Gasteiger partial charge in [-0.2, -0.15) is 0 Å². The first-order chi connectivity index (χ1) is 10.3. The lowest BCUT2D eigenvalue weighted by Crippen LogP contribution is -2.39. The molecule has 2 aromatic heterocycles. The van der Waals surface area contributed by atoms with Crippen LogP contribution in [0, 0.1) is 0 Å². The molecule has 3 rings (SSSR count). The third-order valence-electron chi connectivity index (χ3n) is 4.17. The van der Waals surface area contributed by atoms with Crippen LogP contribution in [0.15, 0.2) is 36.1 Å². The number of aromatic nitrogens is 2. The Balaban J connectivity index is 1.69. The number of nitrogens with zero attached hydrogens (tertiary/aromatic N) is 3. The molecule has 1 aliphatic rings. The molecule has 0 unspecified atom stereocenters. The van der Waals surface area contributed by atoms with E-state index < -0.39 is 0 Å². The van der Waals surface area contributed by atoms with Crippen molar-refractivity contribution in [1.82, 2.24) is 14.5 Å². The summed E-state index contributed by atoms with van der Waals surface area (Å²) < 4.78 is 2.10. The quantitative estimate of drug-likeness (QED) is 0.864. The normalized spacial score (nSPS) is 20.4. The van der Waals surface area contributed by atoms with Crippen LogP contribution in [0.1, 0.15) is 49.7 Å². The lowest BCUT2D eigenvalue weighted by Gasteiger charge is -2.35. The fourth-order valence-electron chi connectivity index (χ4n) is 3.00. The Hall–Kier alpha value is -1.62. The van der Waals surface area contributed by atoms with E-state index in [1.807, 2.05) is 41.0 Å². The fourth-order valence-corrected chi connectivity index (χ4v) is 3.79. The summed E-state index contributed by atoms with van der Waals surface area (Å²) in [5.74, 6) is 0.246. The van der Waals surface area contributed by atoms with Gasteiger partial charge in [-0.15, -0.1) is 11.3 Å². The minimum absolute atomic E-state index is 0.183. The first-order valence-corrected chi connectivity index (χ1v) is 8.45. The van der Waals surface area contributed by atoms with Crippen molar-refractivity contribution < 1.29 is 4.79 Å². The zero-order chi connectivity index (χ0) is 14.7. The standard InChI is InChI=1S/C16H21N3OS/c1-13(18-8-4-5-9-18)12-15(20)19-10-3-2-6-14(19)16-17-7-11-21-16/h4-5,7-9,11,13-14H,2-3,6,10,12H2,1H3/t13-,14-/m1/s1. The molecule has 2 aromatic rings. The van der Waals surface area contributed by atoms with Crippen molar-refractivity contribution in [2.45, 2.75) is 44.7 Å². The number of likely N-dealkylation sites (tertiary alicyclic amines) is 1. The number of carbonyl (C=O) groups excluding carboxylic acids is 1. The average molecular weight is 303 g/mol. The third kappa shape index (κ3) is 3.18. The maximum Gasteiger partial charge on any atom is 0.225 e.